The molecule has 76 heavy (non-hydrogen) atoms. The second-order valence-electron chi connectivity index (χ2n) is 20.7. The van der Waals surface area contributed by atoms with Crippen molar-refractivity contribution >= 4 is 78.4 Å². The predicted molar refractivity (Wildman–Crippen MR) is 317 cm³/mol. The summed E-state index contributed by atoms with van der Waals surface area (Å²) >= 11 is 0. The van der Waals surface area contributed by atoms with Crippen LogP contribution in [0, 0.1) is 0 Å². The molecular weight excluding hydrogens is 933 g/mol. The molecule has 6 nitrogen and oxygen atoms in total. The van der Waals surface area contributed by atoms with Crippen LogP contribution >= 0.6 is 0 Å². The summed E-state index contributed by atoms with van der Waals surface area (Å²) in [6, 6.07) is 69.5. The van der Waals surface area contributed by atoms with Crippen LogP contribution in [0.4, 0.5) is 34.1 Å². The summed E-state index contributed by atoms with van der Waals surface area (Å²) in [5.74, 6) is -0.325. The number of carbonyl (C=O) groups excluding carboxylic acids is 2. The predicted octanol–water partition coefficient (Wildman–Crippen LogP) is 20.2. The van der Waals surface area contributed by atoms with Crippen LogP contribution in [0.25, 0.3) is 43.4 Å². The lowest BCUT2D eigenvalue weighted by atomic mass is 9.86. The number of anilines is 6. The fourth-order valence-corrected chi connectivity index (χ4v) is 11.1. The first kappa shape index (κ1) is 51.8. The van der Waals surface area contributed by atoms with Gasteiger partial charge in [-0.05, 0) is 147 Å². The van der Waals surface area contributed by atoms with E-state index in [1.807, 2.05) is 0 Å². The number of benzene rings is 9. The molecule has 0 radical (unpaired) electrons. The Kier molecular flexibility index (Phi) is 17.2. The molecule has 10 rings (SSSR count). The molecule has 9 aromatic carbocycles. The Labute approximate surface area is 450 Å². The first-order valence-corrected chi connectivity index (χ1v) is 28.2. The van der Waals surface area contributed by atoms with E-state index in [-0.39, 0.29) is 11.9 Å². The number of hydrogen-bond acceptors (Lipinski definition) is 6. The van der Waals surface area contributed by atoms with Crippen LogP contribution in [0.15, 0.2) is 194 Å². The van der Waals surface area contributed by atoms with E-state index in [4.69, 9.17) is 9.47 Å². The molecule has 0 fully saturated rings. The Hall–Kier alpha value is -7.70. The molecule has 1 aliphatic rings. The first-order valence-electron chi connectivity index (χ1n) is 28.2. The Morgan fingerprint density at radius 1 is 0.355 bits per heavy atom. The van der Waals surface area contributed by atoms with Gasteiger partial charge in [0.05, 0.1) is 0 Å². The number of nitrogens with zero attached hydrogens (tertiary/aromatic N) is 2. The van der Waals surface area contributed by atoms with E-state index in [1.54, 1.807) is 0 Å². The summed E-state index contributed by atoms with van der Waals surface area (Å²) in [4.78, 5) is 31.6. The van der Waals surface area contributed by atoms with Crippen molar-refractivity contribution in [2.24, 2.45) is 0 Å². The van der Waals surface area contributed by atoms with Gasteiger partial charge in [-0.3, -0.25) is 9.59 Å². The van der Waals surface area contributed by atoms with E-state index in [2.05, 4.69) is 218 Å². The van der Waals surface area contributed by atoms with Crippen molar-refractivity contribution in [2.45, 2.75) is 129 Å². The summed E-state index contributed by atoms with van der Waals surface area (Å²) < 4.78 is 12.7. The number of hydrogen-bond donors (Lipinski definition) is 0. The summed E-state index contributed by atoms with van der Waals surface area (Å²) in [5, 5.41) is 7.12. The van der Waals surface area contributed by atoms with Crippen molar-refractivity contribution in [1.82, 2.24) is 0 Å². The van der Waals surface area contributed by atoms with Crippen LogP contribution < -0.4 is 9.80 Å². The summed E-state index contributed by atoms with van der Waals surface area (Å²) in [5.41, 5.74) is 10.2. The monoisotopic (exact) mass is 1000 g/mol. The molecule has 0 aliphatic heterocycles. The highest BCUT2D eigenvalue weighted by Gasteiger charge is 2.33. The van der Waals surface area contributed by atoms with Crippen molar-refractivity contribution < 1.29 is 19.1 Å². The molecule has 2 unspecified atom stereocenters. The molecule has 0 saturated carbocycles. The lowest BCUT2D eigenvalue weighted by Gasteiger charge is -2.33. The van der Waals surface area contributed by atoms with E-state index in [0.29, 0.717) is 25.7 Å². The van der Waals surface area contributed by atoms with Crippen molar-refractivity contribution in [2.75, 3.05) is 9.80 Å². The third-order valence-electron chi connectivity index (χ3n) is 15.3. The minimum Gasteiger partial charge on any atom is -0.457 e. The molecule has 0 saturated heterocycles. The Morgan fingerprint density at radius 3 is 1.09 bits per heavy atom. The van der Waals surface area contributed by atoms with Crippen LogP contribution in [-0.4, -0.2) is 11.9 Å². The van der Waals surface area contributed by atoms with Gasteiger partial charge in [0, 0.05) is 52.5 Å². The number of carbonyl (C=O) groups is 2. The molecule has 386 valence electrons. The van der Waals surface area contributed by atoms with Gasteiger partial charge in [0.25, 0.3) is 0 Å². The van der Waals surface area contributed by atoms with Crippen molar-refractivity contribution in [3.63, 3.8) is 0 Å². The van der Waals surface area contributed by atoms with E-state index in [9.17, 15) is 9.59 Å². The number of ether oxygens (including phenoxy) is 2. The van der Waals surface area contributed by atoms with Crippen molar-refractivity contribution in [1.29, 1.82) is 0 Å². The molecule has 0 spiro atoms. The van der Waals surface area contributed by atoms with Gasteiger partial charge in [0.1, 0.15) is 12.2 Å². The number of rotatable bonds is 23. The minimum absolute atomic E-state index is 0.159. The molecular formula is C70H72N2O4. The summed E-state index contributed by atoms with van der Waals surface area (Å²) in [7, 11) is 0. The van der Waals surface area contributed by atoms with E-state index in [1.165, 1.54) is 60.1 Å². The minimum atomic E-state index is -0.446. The Balaban J connectivity index is 0.958. The van der Waals surface area contributed by atoms with Crippen molar-refractivity contribution in [3.05, 3.63) is 205 Å². The smallest absolute Gasteiger partial charge is 0.306 e. The summed E-state index contributed by atoms with van der Waals surface area (Å²) in [6.45, 7) is 4.44. The molecule has 0 amide bonds. The van der Waals surface area contributed by atoms with Gasteiger partial charge in [0.2, 0.25) is 0 Å². The van der Waals surface area contributed by atoms with Gasteiger partial charge in [-0.15, -0.1) is 0 Å². The SMILES string of the molecule is CCCCCCCCC(=O)OC1CCC(OC(=O)CCCCCCCC)c2cc(N(c3ccc(-c4ccc(N(c5ccc6ccccc6c5)c5ccc6ccccc6c5)cc4)cc3)c3ccc4ccccc4c3)ccc21. The van der Waals surface area contributed by atoms with Crippen LogP contribution in [-0.2, 0) is 19.1 Å². The molecule has 0 bridgehead atoms. The van der Waals surface area contributed by atoms with Crippen LogP contribution in [0.1, 0.15) is 140 Å². The van der Waals surface area contributed by atoms with Crippen LogP contribution in [0.2, 0.25) is 0 Å². The second kappa shape index (κ2) is 25.2. The van der Waals surface area contributed by atoms with Crippen LogP contribution in [0.3, 0.4) is 0 Å². The van der Waals surface area contributed by atoms with Gasteiger partial charge in [-0.1, -0.05) is 199 Å². The van der Waals surface area contributed by atoms with Crippen molar-refractivity contribution in [3.8, 4) is 11.1 Å². The van der Waals surface area contributed by atoms with Gasteiger partial charge in [0.15, 0.2) is 0 Å². The second-order valence-corrected chi connectivity index (χ2v) is 20.7. The Bertz CT molecular complexity index is 3300. The number of fused-ring (bicyclic) bond motifs is 4. The van der Waals surface area contributed by atoms with Gasteiger partial charge >= 0.3 is 11.9 Å². The third kappa shape index (κ3) is 12.5. The first-order chi connectivity index (χ1) is 37.4. The van der Waals surface area contributed by atoms with E-state index in [0.717, 1.165) is 106 Å². The average Bonchev–Trinajstić information content (AvgIpc) is 3.51. The molecule has 1 aliphatic carbocycles. The zero-order valence-corrected chi connectivity index (χ0v) is 44.5. The van der Waals surface area contributed by atoms with Gasteiger partial charge in [-0.2, -0.15) is 0 Å². The topological polar surface area (TPSA) is 59.1 Å². The maximum Gasteiger partial charge on any atom is 0.306 e. The maximum absolute atomic E-state index is 13.6. The maximum atomic E-state index is 13.6. The number of esters is 2. The average molecular weight is 1010 g/mol. The molecule has 0 heterocycles. The molecule has 0 N–H and O–H groups in total. The standard InChI is InChI=1S/C70H72N2O4/c1-3-5-7-9-11-13-27-69(73)75-67-45-46-68(76-70(74)28-14-12-10-8-6-4-2)66-50-64(43-44-65(66)67)72(63-42-35-53-23-17-20-26-58(53)49-63)60-38-31-55(32-39-60)54-29-36-59(37-30-54)71(61-40-33-51-21-15-18-24-56(51)47-61)62-41-34-52-22-16-19-25-57(52)48-62/h15-26,29-44,47-50,67-68H,3-14,27-28,45-46H2,1-2H3. The third-order valence-corrected chi connectivity index (χ3v) is 15.3. The largest absolute Gasteiger partial charge is 0.457 e. The lowest BCUT2D eigenvalue weighted by molar-refractivity contribution is -0.156. The zero-order valence-electron chi connectivity index (χ0n) is 44.5. The van der Waals surface area contributed by atoms with E-state index < -0.39 is 12.2 Å². The number of unbranched alkanes of at least 4 members (excludes halogenated alkanes) is 10. The Morgan fingerprint density at radius 2 is 0.684 bits per heavy atom. The highest BCUT2D eigenvalue weighted by atomic mass is 16.6. The molecule has 9 aromatic rings. The van der Waals surface area contributed by atoms with Crippen LogP contribution in [0.5, 0.6) is 0 Å². The fourth-order valence-electron chi connectivity index (χ4n) is 11.1. The van der Waals surface area contributed by atoms with Gasteiger partial charge in [-0.25, -0.2) is 0 Å². The molecule has 6 heteroatoms. The highest BCUT2D eigenvalue weighted by Crippen LogP contribution is 2.46. The molecule has 0 aromatic heterocycles. The highest BCUT2D eigenvalue weighted by molar-refractivity contribution is 5.93. The normalized spacial score (nSPS) is 14.1. The zero-order chi connectivity index (χ0) is 52.1. The lowest BCUT2D eigenvalue weighted by Crippen LogP contribution is -2.23. The fraction of sp³-hybridized carbons (Fsp3) is 0.286. The molecule has 2 atom stereocenters. The van der Waals surface area contributed by atoms with Gasteiger partial charge < -0.3 is 19.3 Å². The quantitative estimate of drug-likeness (QED) is 0.0470. The van der Waals surface area contributed by atoms with E-state index >= 15 is 0 Å². The summed E-state index contributed by atoms with van der Waals surface area (Å²) in [6.07, 6.45) is 14.4.